The standard InChI is InChI=1S/C14H25NO3/c1-6-14(9-8-12(16)17-7-2)10-11(15-18-14)13(3,4)5/h6-10H2,1-5H3. The van der Waals surface area contributed by atoms with Crippen molar-refractivity contribution < 1.29 is 14.4 Å². The van der Waals surface area contributed by atoms with Gasteiger partial charge in [-0.05, 0) is 13.3 Å². The molecule has 104 valence electrons. The number of rotatable bonds is 5. The van der Waals surface area contributed by atoms with Crippen LogP contribution in [-0.2, 0) is 14.4 Å². The molecule has 0 bridgehead atoms. The van der Waals surface area contributed by atoms with Gasteiger partial charge in [-0.25, -0.2) is 0 Å². The number of hydrogen-bond donors (Lipinski definition) is 0. The van der Waals surface area contributed by atoms with Gasteiger partial charge in [0.25, 0.3) is 0 Å². The third-order valence-corrected chi connectivity index (χ3v) is 3.44. The molecule has 0 aromatic carbocycles. The van der Waals surface area contributed by atoms with Gasteiger partial charge in [-0.3, -0.25) is 4.79 Å². The predicted octanol–water partition coefficient (Wildman–Crippen LogP) is 3.30. The fourth-order valence-corrected chi connectivity index (χ4v) is 1.99. The van der Waals surface area contributed by atoms with E-state index in [1.807, 2.05) is 6.92 Å². The molecule has 1 aliphatic heterocycles. The predicted molar refractivity (Wildman–Crippen MR) is 71.5 cm³/mol. The molecule has 0 saturated heterocycles. The summed E-state index contributed by atoms with van der Waals surface area (Å²) in [6.45, 7) is 10.7. The number of ether oxygens (including phenoxy) is 1. The molecular weight excluding hydrogens is 230 g/mol. The largest absolute Gasteiger partial charge is 0.466 e. The Kier molecular flexibility index (Phi) is 4.77. The molecular formula is C14H25NO3. The van der Waals surface area contributed by atoms with E-state index >= 15 is 0 Å². The van der Waals surface area contributed by atoms with Gasteiger partial charge in [0.05, 0.1) is 12.3 Å². The molecule has 1 atom stereocenters. The average Bonchev–Trinajstić information content (AvgIpc) is 2.72. The molecule has 4 nitrogen and oxygen atoms in total. The van der Waals surface area contributed by atoms with Crippen LogP contribution in [0.1, 0.15) is 60.3 Å². The van der Waals surface area contributed by atoms with E-state index in [0.717, 1.165) is 18.6 Å². The van der Waals surface area contributed by atoms with E-state index in [1.165, 1.54) is 0 Å². The highest BCUT2D eigenvalue weighted by Crippen LogP contribution is 2.37. The summed E-state index contributed by atoms with van der Waals surface area (Å²) in [5.74, 6) is -0.155. The van der Waals surface area contributed by atoms with Crippen LogP contribution < -0.4 is 0 Å². The maximum Gasteiger partial charge on any atom is 0.305 e. The molecule has 1 rings (SSSR count). The third kappa shape index (κ3) is 3.72. The Balaban J connectivity index is 2.55. The van der Waals surface area contributed by atoms with Crippen molar-refractivity contribution in [1.82, 2.24) is 0 Å². The van der Waals surface area contributed by atoms with Crippen LogP contribution in [0.15, 0.2) is 5.16 Å². The third-order valence-electron chi connectivity index (χ3n) is 3.44. The SMILES string of the molecule is CCOC(=O)CCC1(CC)CC(C(C)(C)C)=NO1. The van der Waals surface area contributed by atoms with Crippen molar-refractivity contribution in [2.45, 2.75) is 65.9 Å². The van der Waals surface area contributed by atoms with Gasteiger partial charge in [0.2, 0.25) is 0 Å². The molecule has 0 fully saturated rings. The molecule has 0 aromatic rings. The lowest BCUT2D eigenvalue weighted by Gasteiger charge is -2.26. The summed E-state index contributed by atoms with van der Waals surface area (Å²) in [5, 5.41) is 4.22. The molecule has 1 aliphatic rings. The summed E-state index contributed by atoms with van der Waals surface area (Å²) in [5.41, 5.74) is 0.796. The van der Waals surface area contributed by atoms with Gasteiger partial charge in [0, 0.05) is 24.7 Å². The molecule has 0 aromatic heterocycles. The summed E-state index contributed by atoms with van der Waals surface area (Å²) in [6, 6.07) is 0. The van der Waals surface area contributed by atoms with Crippen molar-refractivity contribution in [3.63, 3.8) is 0 Å². The molecule has 1 unspecified atom stereocenters. The topological polar surface area (TPSA) is 47.9 Å². The van der Waals surface area contributed by atoms with Gasteiger partial charge in [0.1, 0.15) is 5.60 Å². The van der Waals surface area contributed by atoms with Gasteiger partial charge in [-0.15, -0.1) is 0 Å². The van der Waals surface area contributed by atoms with Gasteiger partial charge in [-0.1, -0.05) is 32.9 Å². The van der Waals surface area contributed by atoms with Crippen LogP contribution in [0.4, 0.5) is 0 Å². The highest BCUT2D eigenvalue weighted by molar-refractivity contribution is 5.90. The van der Waals surface area contributed by atoms with Crippen molar-refractivity contribution in [3.8, 4) is 0 Å². The van der Waals surface area contributed by atoms with Gasteiger partial charge >= 0.3 is 5.97 Å². The minimum atomic E-state index is -0.310. The number of hydrogen-bond acceptors (Lipinski definition) is 4. The number of carbonyl (C=O) groups excluding carboxylic acids is 1. The van der Waals surface area contributed by atoms with Crippen molar-refractivity contribution in [2.24, 2.45) is 10.6 Å². The van der Waals surface area contributed by atoms with E-state index in [0.29, 0.717) is 19.4 Å². The second-order valence-electron chi connectivity index (χ2n) is 5.90. The normalized spacial score (nSPS) is 23.5. The Bertz CT molecular complexity index is 330. The quantitative estimate of drug-likeness (QED) is 0.708. The van der Waals surface area contributed by atoms with Crippen molar-refractivity contribution in [3.05, 3.63) is 0 Å². The molecule has 4 heteroatoms. The minimum Gasteiger partial charge on any atom is -0.466 e. The average molecular weight is 255 g/mol. The summed E-state index contributed by atoms with van der Waals surface area (Å²) < 4.78 is 4.95. The lowest BCUT2D eigenvalue weighted by Crippen LogP contribution is -2.31. The van der Waals surface area contributed by atoms with E-state index in [9.17, 15) is 4.79 Å². The Morgan fingerprint density at radius 3 is 2.56 bits per heavy atom. The fraction of sp³-hybridized carbons (Fsp3) is 0.857. The first-order chi connectivity index (χ1) is 8.33. The number of carbonyl (C=O) groups is 1. The lowest BCUT2D eigenvalue weighted by atomic mass is 9.80. The second kappa shape index (κ2) is 5.72. The van der Waals surface area contributed by atoms with Crippen molar-refractivity contribution in [1.29, 1.82) is 0 Å². The molecule has 0 N–H and O–H groups in total. The zero-order valence-electron chi connectivity index (χ0n) is 12.2. The highest BCUT2D eigenvalue weighted by atomic mass is 16.7. The molecule has 0 aliphatic carbocycles. The van der Waals surface area contributed by atoms with Gasteiger partial charge in [0.15, 0.2) is 0 Å². The smallest absolute Gasteiger partial charge is 0.305 e. The molecule has 0 spiro atoms. The number of nitrogens with zero attached hydrogens (tertiary/aromatic N) is 1. The van der Waals surface area contributed by atoms with E-state index in [2.05, 4.69) is 32.9 Å². The van der Waals surface area contributed by atoms with Crippen molar-refractivity contribution in [2.75, 3.05) is 6.61 Å². The Morgan fingerprint density at radius 2 is 2.11 bits per heavy atom. The lowest BCUT2D eigenvalue weighted by molar-refractivity contribution is -0.145. The van der Waals surface area contributed by atoms with E-state index in [-0.39, 0.29) is 17.0 Å². The molecule has 18 heavy (non-hydrogen) atoms. The first kappa shape index (κ1) is 15.0. The number of oxime groups is 1. The van der Waals surface area contributed by atoms with E-state index in [4.69, 9.17) is 9.57 Å². The first-order valence-corrected chi connectivity index (χ1v) is 6.74. The van der Waals surface area contributed by atoms with Crippen LogP contribution in [0.2, 0.25) is 0 Å². The monoisotopic (exact) mass is 255 g/mol. The van der Waals surface area contributed by atoms with Gasteiger partial charge < -0.3 is 9.57 Å². The molecule has 1 heterocycles. The Morgan fingerprint density at radius 1 is 1.44 bits per heavy atom. The fourth-order valence-electron chi connectivity index (χ4n) is 1.99. The highest BCUT2D eigenvalue weighted by Gasteiger charge is 2.41. The molecule has 0 saturated carbocycles. The Labute approximate surface area is 110 Å². The zero-order valence-corrected chi connectivity index (χ0v) is 12.2. The zero-order chi connectivity index (χ0) is 13.8. The summed E-state index contributed by atoms with van der Waals surface area (Å²) in [7, 11) is 0. The molecule has 0 amide bonds. The maximum atomic E-state index is 11.4. The van der Waals surface area contributed by atoms with Crippen LogP contribution in [0, 0.1) is 5.41 Å². The van der Waals surface area contributed by atoms with Crippen LogP contribution in [0.3, 0.4) is 0 Å². The Hall–Kier alpha value is -1.06. The van der Waals surface area contributed by atoms with Crippen LogP contribution in [0.5, 0.6) is 0 Å². The first-order valence-electron chi connectivity index (χ1n) is 6.74. The van der Waals surface area contributed by atoms with E-state index < -0.39 is 0 Å². The van der Waals surface area contributed by atoms with Crippen LogP contribution in [0.25, 0.3) is 0 Å². The minimum absolute atomic E-state index is 0.0286. The summed E-state index contributed by atoms with van der Waals surface area (Å²) >= 11 is 0. The summed E-state index contributed by atoms with van der Waals surface area (Å²) in [6.07, 6.45) is 2.74. The van der Waals surface area contributed by atoms with Crippen LogP contribution in [-0.4, -0.2) is 23.9 Å². The second-order valence-corrected chi connectivity index (χ2v) is 5.90. The number of esters is 1. The molecule has 0 radical (unpaired) electrons. The summed E-state index contributed by atoms with van der Waals surface area (Å²) in [4.78, 5) is 17.1. The maximum absolute atomic E-state index is 11.4. The van der Waals surface area contributed by atoms with E-state index in [1.54, 1.807) is 0 Å². The van der Waals surface area contributed by atoms with Gasteiger partial charge in [-0.2, -0.15) is 0 Å². The van der Waals surface area contributed by atoms with Crippen molar-refractivity contribution >= 4 is 11.7 Å². The van der Waals surface area contributed by atoms with Crippen LogP contribution >= 0.6 is 0 Å².